The number of thiazole rings is 1. The molecule has 0 unspecified atom stereocenters. The Hall–Kier alpha value is -2.25. The maximum atomic E-state index is 12.0. The third-order valence-corrected chi connectivity index (χ3v) is 3.70. The molecule has 0 spiro atoms. The van der Waals surface area contributed by atoms with Gasteiger partial charge in [0.2, 0.25) is 0 Å². The second kappa shape index (κ2) is 5.63. The van der Waals surface area contributed by atoms with Crippen LogP contribution in [0.5, 0.6) is 0 Å². The second-order valence-electron chi connectivity index (χ2n) is 4.26. The number of amides is 1. The minimum absolute atomic E-state index is 0.272. The van der Waals surface area contributed by atoms with Gasteiger partial charge in [-0.2, -0.15) is 5.10 Å². The van der Waals surface area contributed by atoms with Crippen molar-refractivity contribution in [3.63, 3.8) is 0 Å². The van der Waals surface area contributed by atoms with Gasteiger partial charge >= 0.3 is 0 Å². The van der Waals surface area contributed by atoms with E-state index in [1.165, 1.54) is 17.5 Å². The van der Waals surface area contributed by atoms with Gasteiger partial charge in [0.1, 0.15) is 5.15 Å². The average Bonchev–Trinajstić information content (AvgIpc) is 3.08. The monoisotopic (exact) mass is 319 g/mol. The molecule has 3 heterocycles. The summed E-state index contributed by atoms with van der Waals surface area (Å²) in [6, 6.07) is 3.18. The predicted octanol–water partition coefficient (Wildman–Crippen LogP) is 2.84. The minimum Gasteiger partial charge on any atom is -0.298 e. The number of hydrogen-bond donors (Lipinski definition) is 1. The van der Waals surface area contributed by atoms with E-state index in [1.54, 1.807) is 23.0 Å². The van der Waals surface area contributed by atoms with Crippen LogP contribution >= 0.6 is 22.9 Å². The molecule has 0 atom stereocenters. The molecule has 8 heteroatoms. The molecule has 0 aliphatic heterocycles. The summed E-state index contributed by atoms with van der Waals surface area (Å²) in [5, 5.41) is 9.56. The van der Waals surface area contributed by atoms with E-state index in [9.17, 15) is 4.79 Å². The maximum Gasteiger partial charge on any atom is 0.259 e. The predicted molar refractivity (Wildman–Crippen MR) is 81.5 cm³/mol. The highest BCUT2D eigenvalue weighted by atomic mass is 35.5. The first kappa shape index (κ1) is 13.7. The zero-order chi connectivity index (χ0) is 14.8. The summed E-state index contributed by atoms with van der Waals surface area (Å²) in [7, 11) is 1.84. The van der Waals surface area contributed by atoms with E-state index in [2.05, 4.69) is 20.4 Å². The van der Waals surface area contributed by atoms with E-state index in [-0.39, 0.29) is 5.91 Å². The van der Waals surface area contributed by atoms with Crippen LogP contribution in [-0.2, 0) is 7.05 Å². The molecule has 21 heavy (non-hydrogen) atoms. The number of aryl methyl sites for hydroxylation is 1. The van der Waals surface area contributed by atoms with Gasteiger partial charge < -0.3 is 0 Å². The van der Waals surface area contributed by atoms with Gasteiger partial charge in [0.25, 0.3) is 5.91 Å². The van der Waals surface area contributed by atoms with E-state index in [0.717, 1.165) is 11.3 Å². The third-order valence-electron chi connectivity index (χ3n) is 2.71. The van der Waals surface area contributed by atoms with Crippen molar-refractivity contribution in [3.05, 3.63) is 46.8 Å². The number of halogens is 1. The standard InChI is InChI=1S/C13H10ClN5OS/c1-19-6-9(5-16-19)10-7-21-13(17-10)18-12(20)8-2-3-11(14)15-4-8/h2-7H,1H3,(H,17,18,20). The van der Waals surface area contributed by atoms with Gasteiger partial charge in [-0.05, 0) is 12.1 Å². The highest BCUT2D eigenvalue weighted by Crippen LogP contribution is 2.24. The number of carbonyl (C=O) groups is 1. The molecule has 0 aliphatic carbocycles. The Balaban J connectivity index is 1.75. The fourth-order valence-electron chi connectivity index (χ4n) is 1.70. The van der Waals surface area contributed by atoms with E-state index in [1.807, 2.05) is 18.6 Å². The fourth-order valence-corrected chi connectivity index (χ4v) is 2.52. The second-order valence-corrected chi connectivity index (χ2v) is 5.51. The number of carbonyl (C=O) groups excluding carboxylic acids is 1. The first-order chi connectivity index (χ1) is 10.1. The van der Waals surface area contributed by atoms with Crippen LogP contribution in [0, 0.1) is 0 Å². The number of anilines is 1. The van der Waals surface area contributed by atoms with Crippen molar-refractivity contribution in [2.24, 2.45) is 7.05 Å². The van der Waals surface area contributed by atoms with Gasteiger partial charge in [-0.3, -0.25) is 14.8 Å². The lowest BCUT2D eigenvalue weighted by molar-refractivity contribution is 0.102. The summed E-state index contributed by atoms with van der Waals surface area (Å²) >= 11 is 7.04. The molecular formula is C13H10ClN5OS. The molecule has 3 rings (SSSR count). The molecule has 1 amide bonds. The lowest BCUT2D eigenvalue weighted by Gasteiger charge is -2.00. The van der Waals surface area contributed by atoms with Crippen LogP contribution in [0.4, 0.5) is 5.13 Å². The molecular weight excluding hydrogens is 310 g/mol. The molecule has 0 saturated heterocycles. The zero-order valence-electron chi connectivity index (χ0n) is 10.9. The Labute approximate surface area is 129 Å². The highest BCUT2D eigenvalue weighted by Gasteiger charge is 2.11. The Morgan fingerprint density at radius 1 is 1.38 bits per heavy atom. The zero-order valence-corrected chi connectivity index (χ0v) is 12.5. The molecule has 0 aromatic carbocycles. The van der Waals surface area contributed by atoms with Gasteiger partial charge in [-0.15, -0.1) is 11.3 Å². The fraction of sp³-hybridized carbons (Fsp3) is 0.0769. The molecule has 106 valence electrons. The number of hydrogen-bond acceptors (Lipinski definition) is 5. The summed E-state index contributed by atoms with van der Waals surface area (Å²) in [4.78, 5) is 20.3. The lowest BCUT2D eigenvalue weighted by Crippen LogP contribution is -2.11. The van der Waals surface area contributed by atoms with E-state index < -0.39 is 0 Å². The molecule has 3 aromatic rings. The molecule has 3 aromatic heterocycles. The van der Waals surface area contributed by atoms with Crippen molar-refractivity contribution < 1.29 is 4.79 Å². The first-order valence-corrected chi connectivity index (χ1v) is 7.25. The molecule has 6 nitrogen and oxygen atoms in total. The van der Waals surface area contributed by atoms with Gasteiger partial charge in [-0.1, -0.05) is 11.6 Å². The van der Waals surface area contributed by atoms with E-state index in [4.69, 9.17) is 11.6 Å². The van der Waals surface area contributed by atoms with Crippen LogP contribution in [0.15, 0.2) is 36.1 Å². The quantitative estimate of drug-likeness (QED) is 0.753. The number of rotatable bonds is 3. The Kier molecular flexibility index (Phi) is 3.68. The molecule has 0 radical (unpaired) electrons. The minimum atomic E-state index is -0.272. The number of pyridine rings is 1. The topological polar surface area (TPSA) is 72.7 Å². The summed E-state index contributed by atoms with van der Waals surface area (Å²) in [6.07, 6.45) is 5.01. The van der Waals surface area contributed by atoms with Gasteiger partial charge in [0.15, 0.2) is 5.13 Å². The van der Waals surface area contributed by atoms with Crippen molar-refractivity contribution in [2.45, 2.75) is 0 Å². The summed E-state index contributed by atoms with van der Waals surface area (Å²) in [6.45, 7) is 0. The Morgan fingerprint density at radius 3 is 2.90 bits per heavy atom. The van der Waals surface area contributed by atoms with E-state index in [0.29, 0.717) is 15.8 Å². The molecule has 0 aliphatic rings. The Bertz CT molecular complexity index is 780. The third kappa shape index (κ3) is 3.09. The largest absolute Gasteiger partial charge is 0.298 e. The summed E-state index contributed by atoms with van der Waals surface area (Å²) in [5.74, 6) is -0.272. The van der Waals surface area contributed by atoms with Crippen LogP contribution in [0.3, 0.4) is 0 Å². The van der Waals surface area contributed by atoms with Crippen LogP contribution in [-0.4, -0.2) is 25.7 Å². The lowest BCUT2D eigenvalue weighted by atomic mass is 10.3. The SMILES string of the molecule is Cn1cc(-c2csc(NC(=O)c3ccc(Cl)nc3)n2)cn1. The van der Waals surface area contributed by atoms with Crippen molar-refractivity contribution >= 4 is 34.0 Å². The van der Waals surface area contributed by atoms with Crippen molar-refractivity contribution in [1.82, 2.24) is 19.7 Å². The number of aromatic nitrogens is 4. The van der Waals surface area contributed by atoms with Gasteiger partial charge in [0, 0.05) is 30.4 Å². The number of nitrogens with one attached hydrogen (secondary N) is 1. The van der Waals surface area contributed by atoms with E-state index >= 15 is 0 Å². The van der Waals surface area contributed by atoms with Crippen LogP contribution in [0.2, 0.25) is 5.15 Å². The normalized spacial score (nSPS) is 10.6. The van der Waals surface area contributed by atoms with Crippen LogP contribution in [0.25, 0.3) is 11.3 Å². The van der Waals surface area contributed by atoms with Crippen molar-refractivity contribution in [3.8, 4) is 11.3 Å². The Morgan fingerprint density at radius 2 is 2.24 bits per heavy atom. The maximum absolute atomic E-state index is 12.0. The average molecular weight is 320 g/mol. The van der Waals surface area contributed by atoms with Crippen molar-refractivity contribution in [1.29, 1.82) is 0 Å². The number of nitrogens with zero attached hydrogens (tertiary/aromatic N) is 4. The van der Waals surface area contributed by atoms with Crippen LogP contribution < -0.4 is 5.32 Å². The summed E-state index contributed by atoms with van der Waals surface area (Å²) in [5.41, 5.74) is 2.11. The molecule has 0 saturated carbocycles. The smallest absolute Gasteiger partial charge is 0.259 e. The van der Waals surface area contributed by atoms with Crippen molar-refractivity contribution in [2.75, 3.05) is 5.32 Å². The molecule has 0 fully saturated rings. The summed E-state index contributed by atoms with van der Waals surface area (Å²) < 4.78 is 1.70. The van der Waals surface area contributed by atoms with Gasteiger partial charge in [-0.25, -0.2) is 9.97 Å². The van der Waals surface area contributed by atoms with Gasteiger partial charge in [0.05, 0.1) is 17.5 Å². The highest BCUT2D eigenvalue weighted by molar-refractivity contribution is 7.14. The first-order valence-electron chi connectivity index (χ1n) is 5.99. The molecule has 0 bridgehead atoms. The molecule has 1 N–H and O–H groups in total. The van der Waals surface area contributed by atoms with Crippen LogP contribution in [0.1, 0.15) is 10.4 Å².